The van der Waals surface area contributed by atoms with E-state index in [0.29, 0.717) is 17.6 Å². The van der Waals surface area contributed by atoms with Gasteiger partial charge in [-0.3, -0.25) is 19.2 Å². The fraction of sp³-hybridized carbons (Fsp3) is 0.556. The van der Waals surface area contributed by atoms with Crippen LogP contribution in [0.3, 0.4) is 0 Å². The topological polar surface area (TPSA) is 115 Å². The van der Waals surface area contributed by atoms with E-state index >= 15 is 0 Å². The van der Waals surface area contributed by atoms with Gasteiger partial charge in [0.15, 0.2) is 0 Å². The number of rotatable bonds is 2. The number of pyridine rings is 2. The van der Waals surface area contributed by atoms with Crippen molar-refractivity contribution in [1.82, 2.24) is 15.3 Å². The largest absolute Gasteiger partial charge is 0.373 e. The molecule has 2 heterocycles. The molecule has 3 N–H and O–H groups in total. The highest BCUT2D eigenvalue weighted by Gasteiger charge is 2.16. The zero-order chi connectivity index (χ0) is 27.0. The second-order valence-corrected chi connectivity index (χ2v) is 9.68. The van der Waals surface area contributed by atoms with Gasteiger partial charge in [0, 0.05) is 45.8 Å². The van der Waals surface area contributed by atoms with Crippen LogP contribution in [0.25, 0.3) is 0 Å². The molecular weight excluding hydrogens is 607 g/mol. The third-order valence-electron chi connectivity index (χ3n) is 5.18. The van der Waals surface area contributed by atoms with Crippen LogP contribution in [0.2, 0.25) is 0 Å². The molecule has 0 bridgehead atoms. The molecule has 10 heteroatoms. The number of alkyl halides is 1. The SMILES string of the molecule is Brc1cccnc1.C.C.NC1CCCCC1.O=C(NC1CCCCC1)c1cncc(Br)c1.O=C=O.[2H]CF. The van der Waals surface area contributed by atoms with Gasteiger partial charge in [-0.05, 0) is 75.7 Å². The first-order chi connectivity index (χ1) is 17.4. The molecule has 2 aromatic heterocycles. The van der Waals surface area contributed by atoms with Crippen molar-refractivity contribution in [3.63, 3.8) is 0 Å². The van der Waals surface area contributed by atoms with Crippen LogP contribution >= 0.6 is 31.9 Å². The van der Waals surface area contributed by atoms with E-state index < -0.39 is 7.15 Å². The lowest BCUT2D eigenvalue weighted by atomic mass is 9.95. The number of hydrogen-bond donors (Lipinski definition) is 2. The van der Waals surface area contributed by atoms with E-state index in [0.717, 1.165) is 21.8 Å². The summed E-state index contributed by atoms with van der Waals surface area (Å²) in [5, 5.41) is 3.06. The summed E-state index contributed by atoms with van der Waals surface area (Å²) in [7, 11) is -1.00. The molecule has 4 rings (SSSR count). The van der Waals surface area contributed by atoms with E-state index in [-0.39, 0.29) is 26.9 Å². The quantitative estimate of drug-likeness (QED) is 0.352. The number of nitrogens with one attached hydrogen (secondary N) is 1. The zero-order valence-corrected chi connectivity index (χ0v) is 23.0. The monoisotopic (exact) mass is 649 g/mol. The Kier molecular flexibility index (Phi) is 27.2. The summed E-state index contributed by atoms with van der Waals surface area (Å²) in [5.74, 6) is -0.0132. The summed E-state index contributed by atoms with van der Waals surface area (Å²) in [4.78, 5) is 36.0. The van der Waals surface area contributed by atoms with Gasteiger partial charge in [-0.1, -0.05) is 53.4 Å². The zero-order valence-electron chi connectivity index (χ0n) is 20.8. The third-order valence-corrected chi connectivity index (χ3v) is 6.09. The van der Waals surface area contributed by atoms with Crippen molar-refractivity contribution in [1.29, 1.82) is 0 Å². The van der Waals surface area contributed by atoms with Crippen molar-refractivity contribution in [3.05, 3.63) is 57.5 Å². The molecule has 1 amide bonds. The van der Waals surface area contributed by atoms with E-state index in [1.165, 1.54) is 51.4 Å². The van der Waals surface area contributed by atoms with Crippen LogP contribution in [-0.4, -0.2) is 41.3 Å². The molecule has 2 aliphatic carbocycles. The van der Waals surface area contributed by atoms with Crippen molar-refractivity contribution < 1.29 is 20.1 Å². The average Bonchev–Trinajstić information content (AvgIpc) is 2.87. The van der Waals surface area contributed by atoms with Crippen LogP contribution in [0.5, 0.6) is 0 Å². The summed E-state index contributed by atoms with van der Waals surface area (Å²) >= 11 is 6.56. The minimum atomic E-state index is -1.00. The smallest absolute Gasteiger partial charge is 0.349 e. The van der Waals surface area contributed by atoms with Gasteiger partial charge >= 0.3 is 6.15 Å². The number of carbonyl (C=O) groups is 1. The number of aromatic nitrogens is 2. The molecule has 0 spiro atoms. The fourth-order valence-corrected chi connectivity index (χ4v) is 4.16. The number of hydrogen-bond acceptors (Lipinski definition) is 6. The Balaban J connectivity index is -0.000000469. The highest BCUT2D eigenvalue weighted by molar-refractivity contribution is 9.10. The average molecular weight is 651 g/mol. The van der Waals surface area contributed by atoms with Crippen molar-refractivity contribution in [3.8, 4) is 0 Å². The van der Waals surface area contributed by atoms with E-state index in [2.05, 4.69) is 47.1 Å². The Hall–Kier alpha value is -2.00. The predicted octanol–water partition coefficient (Wildman–Crippen LogP) is 7.30. The molecule has 0 unspecified atom stereocenters. The Morgan fingerprint density at radius 2 is 1.51 bits per heavy atom. The van der Waals surface area contributed by atoms with Gasteiger partial charge in [0.1, 0.15) is 0 Å². The van der Waals surface area contributed by atoms with Gasteiger partial charge in [-0.2, -0.15) is 9.59 Å². The number of nitrogens with two attached hydrogens (primary N) is 1. The predicted molar refractivity (Wildman–Crippen MR) is 155 cm³/mol. The molecular formula is C27H43Br2FN4O3. The fourth-order valence-electron chi connectivity index (χ4n) is 3.53. The second-order valence-electron chi connectivity index (χ2n) is 7.85. The molecule has 0 aliphatic heterocycles. The first-order valence-corrected chi connectivity index (χ1v) is 13.0. The first-order valence-electron chi connectivity index (χ1n) is 12.2. The standard InChI is InChI=1S/C12H15BrN2O.C6H13N.C5H4BrN.CH3F.CO2.2CH4/c13-10-6-9(7-14-8-10)12(16)15-11-4-2-1-3-5-11;7-6-4-2-1-3-5-6;6-5-2-1-3-7-4-5;1-2;2-1-3;;/h6-8,11H,1-5H2,(H,15,16);6H,1-5,7H2;1-4H;1H3;;2*1H4/i;;;1D;;;. The van der Waals surface area contributed by atoms with E-state index in [4.69, 9.17) is 16.7 Å². The maximum absolute atomic E-state index is 11.9. The number of carbonyl (C=O) groups excluding carboxylic acids is 3. The minimum Gasteiger partial charge on any atom is -0.349 e. The van der Waals surface area contributed by atoms with Crippen molar-refractivity contribution >= 4 is 43.9 Å². The molecule has 0 atom stereocenters. The van der Waals surface area contributed by atoms with Gasteiger partial charge in [0.25, 0.3) is 5.91 Å². The van der Waals surface area contributed by atoms with Gasteiger partial charge < -0.3 is 11.1 Å². The lowest BCUT2D eigenvalue weighted by Crippen LogP contribution is -2.36. The van der Waals surface area contributed by atoms with Crippen molar-refractivity contribution in [2.75, 3.05) is 7.15 Å². The number of amides is 1. The summed E-state index contributed by atoms with van der Waals surface area (Å²) in [5.41, 5.74) is 6.26. The maximum atomic E-state index is 11.9. The molecule has 2 aromatic rings. The summed E-state index contributed by atoms with van der Waals surface area (Å²) < 4.78 is 17.4. The van der Waals surface area contributed by atoms with Crippen molar-refractivity contribution in [2.24, 2.45) is 5.73 Å². The summed E-state index contributed by atoms with van der Waals surface area (Å²) in [6.07, 6.45) is 19.6. The van der Waals surface area contributed by atoms with Crippen LogP contribution in [-0.2, 0) is 9.59 Å². The molecule has 210 valence electrons. The summed E-state index contributed by atoms with van der Waals surface area (Å²) in [6.45, 7) is 0. The maximum Gasteiger partial charge on any atom is 0.373 e. The van der Waals surface area contributed by atoms with Crippen LogP contribution in [0.4, 0.5) is 4.39 Å². The normalized spacial score (nSPS) is 14.5. The highest BCUT2D eigenvalue weighted by atomic mass is 79.9. The van der Waals surface area contributed by atoms with Crippen LogP contribution in [0.15, 0.2) is 51.9 Å². The molecule has 0 aromatic carbocycles. The van der Waals surface area contributed by atoms with E-state index in [1.807, 2.05) is 12.1 Å². The number of halogens is 3. The van der Waals surface area contributed by atoms with Crippen LogP contribution in [0, 0.1) is 0 Å². The van der Waals surface area contributed by atoms with E-state index in [1.54, 1.807) is 30.9 Å². The Bertz CT molecular complexity index is 851. The summed E-state index contributed by atoms with van der Waals surface area (Å²) in [6, 6.07) is 6.50. The highest BCUT2D eigenvalue weighted by Crippen LogP contribution is 2.18. The van der Waals surface area contributed by atoms with Crippen LogP contribution in [0.1, 0.15) is 90.8 Å². The number of nitrogens with zero attached hydrogens (tertiary/aromatic N) is 2. The van der Waals surface area contributed by atoms with Gasteiger partial charge in [0.2, 0.25) is 0 Å². The lowest BCUT2D eigenvalue weighted by Gasteiger charge is -2.22. The van der Waals surface area contributed by atoms with E-state index in [9.17, 15) is 9.18 Å². The second kappa shape index (κ2) is 27.0. The Labute approximate surface area is 240 Å². The first kappa shape index (κ1) is 37.2. The molecule has 7 nitrogen and oxygen atoms in total. The molecule has 2 saturated carbocycles. The Morgan fingerprint density at radius 1 is 1.00 bits per heavy atom. The molecule has 0 saturated heterocycles. The lowest BCUT2D eigenvalue weighted by molar-refractivity contribution is -0.191. The third kappa shape index (κ3) is 21.8. The van der Waals surface area contributed by atoms with Gasteiger partial charge in [0.05, 0.1) is 14.1 Å². The Morgan fingerprint density at radius 3 is 1.89 bits per heavy atom. The molecule has 0 radical (unpaired) electrons. The van der Waals surface area contributed by atoms with Crippen molar-refractivity contribution in [2.45, 2.75) is 91.1 Å². The van der Waals surface area contributed by atoms with Crippen LogP contribution < -0.4 is 11.1 Å². The van der Waals surface area contributed by atoms with Gasteiger partial charge in [-0.25, -0.2) is 0 Å². The molecule has 2 fully saturated rings. The minimum absolute atomic E-state index is 0. The molecule has 37 heavy (non-hydrogen) atoms. The van der Waals surface area contributed by atoms with Gasteiger partial charge in [-0.15, -0.1) is 0 Å². The molecule has 2 aliphatic rings.